The molecule has 2 rings (SSSR count). The molecule has 4 heteroatoms. The van der Waals surface area contributed by atoms with Crippen LogP contribution in [0.2, 0.25) is 0 Å². The molecule has 1 heterocycles. The van der Waals surface area contributed by atoms with E-state index in [0.29, 0.717) is 0 Å². The Morgan fingerprint density at radius 1 is 1.14 bits per heavy atom. The van der Waals surface area contributed by atoms with Crippen LogP contribution in [0.1, 0.15) is 40.2 Å². The Hall–Kier alpha value is -2.10. The Balaban J connectivity index is 2.68. The first-order valence-electron chi connectivity index (χ1n) is 7.02. The maximum atomic E-state index is 11.6. The monoisotopic (exact) mass is 286 g/mol. The zero-order chi connectivity index (χ0) is 15.8. The van der Waals surface area contributed by atoms with E-state index in [-0.39, 0.29) is 5.54 Å². The minimum Gasteiger partial charge on any atom is -0.481 e. The fourth-order valence-electron chi connectivity index (χ4n) is 2.40. The molecule has 2 aromatic rings. The van der Waals surface area contributed by atoms with Gasteiger partial charge in [-0.15, -0.1) is 0 Å². The first-order chi connectivity index (χ1) is 9.65. The minimum atomic E-state index is -0.955. The molecule has 21 heavy (non-hydrogen) atoms. The van der Waals surface area contributed by atoms with E-state index in [9.17, 15) is 9.90 Å². The highest BCUT2D eigenvalue weighted by Crippen LogP contribution is 2.35. The van der Waals surface area contributed by atoms with E-state index in [2.05, 4.69) is 30.3 Å². The van der Waals surface area contributed by atoms with Gasteiger partial charge in [-0.3, -0.25) is 4.79 Å². The average molecular weight is 286 g/mol. The molecule has 0 aliphatic rings. The number of carboxylic acid groups (broad SMARTS) is 1. The quantitative estimate of drug-likeness (QED) is 0.936. The molecule has 1 aromatic carbocycles. The normalized spacial score (nSPS) is 12.4. The van der Waals surface area contributed by atoms with Crippen molar-refractivity contribution >= 4 is 5.97 Å². The predicted molar refractivity (Wildman–Crippen MR) is 83.3 cm³/mol. The van der Waals surface area contributed by atoms with Crippen LogP contribution < -0.4 is 0 Å². The molecule has 0 unspecified atom stereocenters. The van der Waals surface area contributed by atoms with Gasteiger partial charge in [0.15, 0.2) is 0 Å². The number of hydrogen-bond donors (Lipinski definition) is 1. The van der Waals surface area contributed by atoms with E-state index in [1.54, 1.807) is 26.4 Å². The molecule has 0 amide bonds. The molecule has 0 aliphatic heterocycles. The number of hydrogen-bond acceptors (Lipinski definition) is 2. The molecular weight excluding hydrogens is 264 g/mol. The number of nitrogens with zero attached hydrogens (tertiary/aromatic N) is 2. The SMILES string of the molecule is CC(C)(C(=O)O)c1ccccc1-c1cncn1C(C)(C)C. The molecule has 4 nitrogen and oxygen atoms in total. The van der Waals surface area contributed by atoms with Crippen molar-refractivity contribution in [2.45, 2.75) is 45.6 Å². The third-order valence-electron chi connectivity index (χ3n) is 3.77. The van der Waals surface area contributed by atoms with Gasteiger partial charge in [-0.2, -0.15) is 0 Å². The predicted octanol–water partition coefficient (Wildman–Crippen LogP) is 3.67. The lowest BCUT2D eigenvalue weighted by Gasteiger charge is -2.27. The third kappa shape index (κ3) is 2.71. The van der Waals surface area contributed by atoms with Crippen LogP contribution in [0, 0.1) is 0 Å². The van der Waals surface area contributed by atoms with Crippen LogP contribution in [0.15, 0.2) is 36.8 Å². The van der Waals surface area contributed by atoms with Gasteiger partial charge in [-0.25, -0.2) is 4.98 Å². The number of imidazole rings is 1. The second-order valence-corrected chi connectivity index (χ2v) is 6.80. The van der Waals surface area contributed by atoms with Crippen molar-refractivity contribution in [3.63, 3.8) is 0 Å². The number of carboxylic acids is 1. The zero-order valence-corrected chi connectivity index (χ0v) is 13.2. The highest BCUT2D eigenvalue weighted by atomic mass is 16.4. The third-order valence-corrected chi connectivity index (χ3v) is 3.77. The van der Waals surface area contributed by atoms with Gasteiger partial charge in [0.05, 0.1) is 23.6 Å². The summed E-state index contributed by atoms with van der Waals surface area (Å²) in [6.07, 6.45) is 3.59. The molecule has 1 N–H and O–H groups in total. The highest BCUT2D eigenvalue weighted by molar-refractivity contribution is 5.84. The summed E-state index contributed by atoms with van der Waals surface area (Å²) in [6, 6.07) is 7.64. The summed E-state index contributed by atoms with van der Waals surface area (Å²) in [7, 11) is 0. The van der Waals surface area contributed by atoms with Crippen LogP contribution in [0.25, 0.3) is 11.3 Å². The highest BCUT2D eigenvalue weighted by Gasteiger charge is 2.32. The van der Waals surface area contributed by atoms with E-state index < -0.39 is 11.4 Å². The summed E-state index contributed by atoms with van der Waals surface area (Å²) >= 11 is 0. The van der Waals surface area contributed by atoms with Gasteiger partial charge in [-0.1, -0.05) is 24.3 Å². The standard InChI is InChI=1S/C17H22N2O2/c1-16(2,3)19-11-18-10-14(19)12-8-6-7-9-13(12)17(4,5)15(20)21/h6-11H,1-5H3,(H,20,21). The molecular formula is C17H22N2O2. The van der Waals surface area contributed by atoms with Crippen molar-refractivity contribution < 1.29 is 9.90 Å². The van der Waals surface area contributed by atoms with Crippen LogP contribution in [0.4, 0.5) is 0 Å². The van der Waals surface area contributed by atoms with Crippen molar-refractivity contribution in [3.8, 4) is 11.3 Å². The lowest BCUT2D eigenvalue weighted by Crippen LogP contribution is -2.30. The fraction of sp³-hybridized carbons (Fsp3) is 0.412. The smallest absolute Gasteiger partial charge is 0.313 e. The second kappa shape index (κ2) is 5.02. The van der Waals surface area contributed by atoms with Gasteiger partial charge in [0, 0.05) is 11.1 Å². The molecule has 0 radical (unpaired) electrons. The van der Waals surface area contributed by atoms with E-state index in [4.69, 9.17) is 0 Å². The molecule has 0 bridgehead atoms. The number of rotatable bonds is 3. The second-order valence-electron chi connectivity index (χ2n) is 6.80. The summed E-state index contributed by atoms with van der Waals surface area (Å²) in [6.45, 7) is 9.76. The largest absolute Gasteiger partial charge is 0.481 e. The zero-order valence-electron chi connectivity index (χ0n) is 13.2. The van der Waals surface area contributed by atoms with Gasteiger partial charge < -0.3 is 9.67 Å². The van der Waals surface area contributed by atoms with Crippen LogP contribution in [-0.2, 0) is 15.7 Å². The lowest BCUT2D eigenvalue weighted by atomic mass is 9.81. The molecule has 0 spiro atoms. The van der Waals surface area contributed by atoms with Crippen LogP contribution in [0.3, 0.4) is 0 Å². The molecule has 0 saturated heterocycles. The Kier molecular flexibility index (Phi) is 3.66. The first-order valence-corrected chi connectivity index (χ1v) is 7.02. The Bertz CT molecular complexity index is 663. The average Bonchev–Trinajstić information content (AvgIpc) is 2.87. The van der Waals surface area contributed by atoms with E-state index in [0.717, 1.165) is 16.8 Å². The van der Waals surface area contributed by atoms with Crippen molar-refractivity contribution in [2.24, 2.45) is 0 Å². The minimum absolute atomic E-state index is 0.119. The molecule has 0 atom stereocenters. The summed E-state index contributed by atoms with van der Waals surface area (Å²) < 4.78 is 2.07. The fourth-order valence-corrected chi connectivity index (χ4v) is 2.40. The van der Waals surface area contributed by atoms with Gasteiger partial charge in [0.2, 0.25) is 0 Å². The number of carbonyl (C=O) groups is 1. The topological polar surface area (TPSA) is 55.1 Å². The van der Waals surface area contributed by atoms with Crippen LogP contribution in [-0.4, -0.2) is 20.6 Å². The molecule has 1 aromatic heterocycles. The van der Waals surface area contributed by atoms with Gasteiger partial charge in [-0.05, 0) is 40.2 Å². The van der Waals surface area contributed by atoms with Crippen molar-refractivity contribution in [3.05, 3.63) is 42.4 Å². The Morgan fingerprint density at radius 3 is 2.33 bits per heavy atom. The van der Waals surface area contributed by atoms with E-state index in [1.165, 1.54) is 0 Å². The number of aromatic nitrogens is 2. The van der Waals surface area contributed by atoms with Gasteiger partial charge >= 0.3 is 5.97 Å². The van der Waals surface area contributed by atoms with Crippen LogP contribution >= 0.6 is 0 Å². The molecule has 0 saturated carbocycles. The van der Waals surface area contributed by atoms with Gasteiger partial charge in [0.25, 0.3) is 0 Å². The summed E-state index contributed by atoms with van der Waals surface area (Å²) in [5, 5.41) is 9.52. The summed E-state index contributed by atoms with van der Waals surface area (Å²) in [4.78, 5) is 15.9. The van der Waals surface area contributed by atoms with E-state index >= 15 is 0 Å². The Labute approximate surface area is 125 Å². The first kappa shape index (κ1) is 15.3. The van der Waals surface area contributed by atoms with Crippen LogP contribution in [0.5, 0.6) is 0 Å². The lowest BCUT2D eigenvalue weighted by molar-refractivity contribution is -0.142. The molecule has 0 fully saturated rings. The maximum absolute atomic E-state index is 11.6. The Morgan fingerprint density at radius 2 is 1.76 bits per heavy atom. The van der Waals surface area contributed by atoms with Gasteiger partial charge in [0.1, 0.15) is 0 Å². The summed E-state index contributed by atoms with van der Waals surface area (Å²) in [5.41, 5.74) is 1.57. The molecule has 0 aliphatic carbocycles. The molecule has 112 valence electrons. The van der Waals surface area contributed by atoms with Crippen molar-refractivity contribution in [2.75, 3.05) is 0 Å². The summed E-state index contributed by atoms with van der Waals surface area (Å²) in [5.74, 6) is -0.836. The van der Waals surface area contributed by atoms with Crippen molar-refractivity contribution in [1.82, 2.24) is 9.55 Å². The van der Waals surface area contributed by atoms with Crippen molar-refractivity contribution in [1.29, 1.82) is 0 Å². The van der Waals surface area contributed by atoms with E-state index in [1.807, 2.05) is 24.3 Å². The number of aliphatic carboxylic acids is 1. The maximum Gasteiger partial charge on any atom is 0.313 e. The number of benzene rings is 1.